The van der Waals surface area contributed by atoms with E-state index in [1.54, 1.807) is 24.5 Å². The second-order valence-electron chi connectivity index (χ2n) is 4.59. The highest BCUT2D eigenvalue weighted by Crippen LogP contribution is 2.22. The molecule has 1 aromatic carbocycles. The Balaban J connectivity index is 2.19. The van der Waals surface area contributed by atoms with E-state index >= 15 is 0 Å². The molecular weight excluding hydrogens is 306 g/mol. The summed E-state index contributed by atoms with van der Waals surface area (Å²) in [6, 6.07) is 7.72. The number of hydrogen-bond acceptors (Lipinski definition) is 6. The minimum absolute atomic E-state index is 0.0503. The number of nitrogen functional groups attached to an aromatic ring is 1. The van der Waals surface area contributed by atoms with Crippen LogP contribution in [0.25, 0.3) is 0 Å². The minimum atomic E-state index is -3.74. The number of pyridine rings is 1. The van der Waals surface area contributed by atoms with Gasteiger partial charge in [0.25, 0.3) is 5.91 Å². The molecule has 0 atom stereocenters. The van der Waals surface area contributed by atoms with E-state index < -0.39 is 16.0 Å². The van der Waals surface area contributed by atoms with Crippen molar-refractivity contribution >= 4 is 21.7 Å². The van der Waals surface area contributed by atoms with Gasteiger partial charge in [-0.2, -0.15) is 8.42 Å². The standard InChI is InChI=1S/C14H15N3O4S/c1-22(19,20)21-13-5-4-11(15)7-12(13)14(18)17-9-10-3-2-6-16-8-10/h2-8H,9,15H2,1H3,(H,17,18). The molecule has 1 amide bonds. The molecule has 2 aromatic rings. The Kier molecular flexibility index (Phi) is 4.62. The Morgan fingerprint density at radius 3 is 2.77 bits per heavy atom. The van der Waals surface area contributed by atoms with Gasteiger partial charge in [-0.05, 0) is 29.8 Å². The summed E-state index contributed by atoms with van der Waals surface area (Å²) in [5.74, 6) is -0.560. The SMILES string of the molecule is CS(=O)(=O)Oc1ccc(N)cc1C(=O)NCc1cccnc1. The largest absolute Gasteiger partial charge is 0.399 e. The van der Waals surface area contributed by atoms with Gasteiger partial charge in [-0.15, -0.1) is 0 Å². The summed E-state index contributed by atoms with van der Waals surface area (Å²) in [5, 5.41) is 2.66. The lowest BCUT2D eigenvalue weighted by Crippen LogP contribution is -2.24. The van der Waals surface area contributed by atoms with Gasteiger partial charge in [-0.3, -0.25) is 9.78 Å². The lowest BCUT2D eigenvalue weighted by Gasteiger charge is -2.11. The normalized spacial score (nSPS) is 11.0. The molecule has 0 unspecified atom stereocenters. The number of carbonyl (C=O) groups excluding carboxylic acids is 1. The van der Waals surface area contributed by atoms with E-state index in [1.165, 1.54) is 18.2 Å². The Morgan fingerprint density at radius 1 is 1.36 bits per heavy atom. The topological polar surface area (TPSA) is 111 Å². The highest BCUT2D eigenvalue weighted by atomic mass is 32.2. The van der Waals surface area contributed by atoms with Crippen LogP contribution in [0.5, 0.6) is 5.75 Å². The van der Waals surface area contributed by atoms with E-state index in [2.05, 4.69) is 10.3 Å². The summed E-state index contributed by atoms with van der Waals surface area (Å²) >= 11 is 0. The molecule has 3 N–H and O–H groups in total. The van der Waals surface area contributed by atoms with Crippen LogP contribution < -0.4 is 15.2 Å². The van der Waals surface area contributed by atoms with Gasteiger partial charge in [0.2, 0.25) is 0 Å². The van der Waals surface area contributed by atoms with Gasteiger partial charge in [-0.25, -0.2) is 0 Å². The third-order valence-electron chi connectivity index (χ3n) is 2.67. The zero-order chi connectivity index (χ0) is 16.2. The fraction of sp³-hybridized carbons (Fsp3) is 0.143. The Bertz CT molecular complexity index is 776. The average Bonchev–Trinajstić information content (AvgIpc) is 2.46. The number of benzene rings is 1. The summed E-state index contributed by atoms with van der Waals surface area (Å²) in [4.78, 5) is 16.2. The summed E-state index contributed by atoms with van der Waals surface area (Å²) in [5.41, 5.74) is 6.83. The molecule has 0 bridgehead atoms. The van der Waals surface area contributed by atoms with E-state index in [1.807, 2.05) is 0 Å². The molecule has 0 aliphatic carbocycles. The fourth-order valence-electron chi connectivity index (χ4n) is 1.74. The van der Waals surface area contributed by atoms with E-state index in [0.717, 1.165) is 11.8 Å². The maximum atomic E-state index is 12.2. The summed E-state index contributed by atoms with van der Waals surface area (Å²) in [6.07, 6.45) is 4.15. The summed E-state index contributed by atoms with van der Waals surface area (Å²) in [7, 11) is -3.74. The van der Waals surface area contributed by atoms with Crippen molar-refractivity contribution in [3.05, 3.63) is 53.9 Å². The number of anilines is 1. The highest BCUT2D eigenvalue weighted by Gasteiger charge is 2.16. The van der Waals surface area contributed by atoms with Crippen molar-refractivity contribution in [2.75, 3.05) is 12.0 Å². The first kappa shape index (κ1) is 15.8. The Labute approximate surface area is 128 Å². The molecule has 8 heteroatoms. The molecule has 0 saturated heterocycles. The second kappa shape index (κ2) is 6.44. The molecule has 116 valence electrons. The summed E-state index contributed by atoms with van der Waals surface area (Å²) < 4.78 is 27.3. The predicted molar refractivity (Wildman–Crippen MR) is 81.7 cm³/mol. The number of nitrogens with one attached hydrogen (secondary N) is 1. The molecule has 2 rings (SSSR count). The van der Waals surface area contributed by atoms with E-state index in [9.17, 15) is 13.2 Å². The van der Waals surface area contributed by atoms with Crippen molar-refractivity contribution in [3.8, 4) is 5.75 Å². The van der Waals surface area contributed by atoms with Gasteiger partial charge in [0, 0.05) is 24.6 Å². The monoisotopic (exact) mass is 321 g/mol. The Morgan fingerprint density at radius 2 is 2.14 bits per heavy atom. The molecule has 0 fully saturated rings. The molecule has 0 aliphatic rings. The van der Waals surface area contributed by atoms with Crippen molar-refractivity contribution in [1.29, 1.82) is 0 Å². The zero-order valence-corrected chi connectivity index (χ0v) is 12.6. The van der Waals surface area contributed by atoms with Crippen molar-refractivity contribution < 1.29 is 17.4 Å². The average molecular weight is 321 g/mol. The van der Waals surface area contributed by atoms with Crippen LogP contribution in [0.3, 0.4) is 0 Å². The molecule has 7 nitrogen and oxygen atoms in total. The second-order valence-corrected chi connectivity index (χ2v) is 6.16. The van der Waals surface area contributed by atoms with E-state index in [0.29, 0.717) is 5.69 Å². The van der Waals surface area contributed by atoms with Crippen molar-refractivity contribution in [1.82, 2.24) is 10.3 Å². The maximum Gasteiger partial charge on any atom is 0.306 e. The molecule has 0 spiro atoms. The molecular formula is C14H15N3O4S. The number of nitrogens with zero attached hydrogens (tertiary/aromatic N) is 1. The first-order valence-electron chi connectivity index (χ1n) is 6.31. The quantitative estimate of drug-likeness (QED) is 0.626. The zero-order valence-electron chi connectivity index (χ0n) is 11.8. The van der Waals surface area contributed by atoms with Crippen LogP contribution in [0.2, 0.25) is 0 Å². The van der Waals surface area contributed by atoms with Crippen LogP contribution >= 0.6 is 0 Å². The van der Waals surface area contributed by atoms with Crippen LogP contribution in [-0.2, 0) is 16.7 Å². The van der Waals surface area contributed by atoms with Crippen molar-refractivity contribution in [3.63, 3.8) is 0 Å². The lowest BCUT2D eigenvalue weighted by atomic mass is 10.1. The minimum Gasteiger partial charge on any atom is -0.399 e. The van der Waals surface area contributed by atoms with Gasteiger partial charge in [0.1, 0.15) is 0 Å². The van der Waals surface area contributed by atoms with E-state index in [-0.39, 0.29) is 17.9 Å². The molecule has 1 heterocycles. The lowest BCUT2D eigenvalue weighted by molar-refractivity contribution is 0.0949. The smallest absolute Gasteiger partial charge is 0.306 e. The van der Waals surface area contributed by atoms with Crippen LogP contribution in [0.1, 0.15) is 15.9 Å². The van der Waals surface area contributed by atoms with Crippen molar-refractivity contribution in [2.24, 2.45) is 0 Å². The first-order valence-corrected chi connectivity index (χ1v) is 8.13. The highest BCUT2D eigenvalue weighted by molar-refractivity contribution is 7.86. The number of amides is 1. The van der Waals surface area contributed by atoms with Crippen LogP contribution in [0.15, 0.2) is 42.7 Å². The van der Waals surface area contributed by atoms with E-state index in [4.69, 9.17) is 9.92 Å². The van der Waals surface area contributed by atoms with Gasteiger partial charge in [-0.1, -0.05) is 6.07 Å². The first-order chi connectivity index (χ1) is 10.3. The van der Waals surface area contributed by atoms with Crippen LogP contribution in [-0.4, -0.2) is 25.6 Å². The molecule has 1 aromatic heterocycles. The Hall–Kier alpha value is -2.61. The van der Waals surface area contributed by atoms with Crippen molar-refractivity contribution in [2.45, 2.75) is 6.54 Å². The number of nitrogens with two attached hydrogens (primary N) is 1. The summed E-state index contributed by atoms with van der Waals surface area (Å²) in [6.45, 7) is 0.250. The number of hydrogen-bond donors (Lipinski definition) is 2. The molecule has 0 aliphatic heterocycles. The van der Waals surface area contributed by atoms with Crippen LogP contribution in [0, 0.1) is 0 Å². The molecule has 0 saturated carbocycles. The maximum absolute atomic E-state index is 12.2. The number of aromatic nitrogens is 1. The van der Waals surface area contributed by atoms with Gasteiger partial charge in [0.05, 0.1) is 11.8 Å². The number of carbonyl (C=O) groups is 1. The van der Waals surface area contributed by atoms with Gasteiger partial charge >= 0.3 is 10.1 Å². The van der Waals surface area contributed by atoms with Gasteiger partial charge < -0.3 is 15.2 Å². The predicted octanol–water partition coefficient (Wildman–Crippen LogP) is 0.932. The third-order valence-corrected chi connectivity index (χ3v) is 3.15. The number of rotatable bonds is 5. The third kappa shape index (κ3) is 4.45. The molecule has 0 radical (unpaired) electrons. The fourth-order valence-corrected chi connectivity index (χ4v) is 2.21. The van der Waals surface area contributed by atoms with Gasteiger partial charge in [0.15, 0.2) is 5.75 Å². The molecule has 22 heavy (non-hydrogen) atoms. The van der Waals surface area contributed by atoms with Crippen LogP contribution in [0.4, 0.5) is 5.69 Å².